The van der Waals surface area contributed by atoms with E-state index >= 15 is 0 Å². The van der Waals surface area contributed by atoms with E-state index in [0.717, 1.165) is 43.7 Å². The Labute approximate surface area is 154 Å². The largest absolute Gasteiger partial charge is 0.453 e. The summed E-state index contributed by atoms with van der Waals surface area (Å²) >= 11 is 0. The van der Waals surface area contributed by atoms with Crippen molar-refractivity contribution in [1.82, 2.24) is 9.80 Å². The van der Waals surface area contributed by atoms with Crippen LogP contribution in [0.4, 0.5) is 4.79 Å². The predicted molar refractivity (Wildman–Crippen MR) is 100 cm³/mol. The number of ether oxygens (including phenoxy) is 2. The predicted octanol–water partition coefficient (Wildman–Crippen LogP) is 3.10. The molecule has 2 fully saturated rings. The van der Waals surface area contributed by atoms with Crippen molar-refractivity contribution in [3.63, 3.8) is 0 Å². The Morgan fingerprint density at radius 3 is 2.69 bits per heavy atom. The van der Waals surface area contributed by atoms with Crippen molar-refractivity contribution in [2.45, 2.75) is 19.3 Å². The third-order valence-electron chi connectivity index (χ3n) is 5.07. The van der Waals surface area contributed by atoms with Crippen molar-refractivity contribution >= 4 is 11.9 Å². The van der Waals surface area contributed by atoms with Gasteiger partial charge in [0.2, 0.25) is 0 Å². The highest BCUT2D eigenvalue weighted by Gasteiger charge is 2.28. The lowest BCUT2D eigenvalue weighted by Gasteiger charge is -2.38. The van der Waals surface area contributed by atoms with Crippen LogP contribution in [0, 0.1) is 11.3 Å². The third kappa shape index (κ3) is 4.43. The van der Waals surface area contributed by atoms with Gasteiger partial charge in [-0.05, 0) is 25.2 Å². The van der Waals surface area contributed by atoms with E-state index in [1.807, 2.05) is 35.2 Å². The van der Waals surface area contributed by atoms with Crippen LogP contribution in [0.2, 0.25) is 0 Å². The standard InChI is InChI=1S/C20H27N3O3/c1-25-20(24)22-11-12-23(19(21)17-5-3-2-4-6-17)18(15-22)8-7-16-9-13-26-14-10-16/h2-6,8,16,21H,7,9-15H2,1H3/b18-8+,21-19?. The Hall–Kier alpha value is -2.34. The number of carbonyl (C=O) groups is 1. The minimum absolute atomic E-state index is 0.312. The molecular weight excluding hydrogens is 330 g/mol. The number of piperazine rings is 1. The summed E-state index contributed by atoms with van der Waals surface area (Å²) in [6, 6.07) is 9.74. The van der Waals surface area contributed by atoms with Crippen molar-refractivity contribution < 1.29 is 14.3 Å². The first-order valence-corrected chi connectivity index (χ1v) is 9.20. The van der Waals surface area contributed by atoms with Gasteiger partial charge < -0.3 is 19.3 Å². The summed E-state index contributed by atoms with van der Waals surface area (Å²) in [4.78, 5) is 15.7. The van der Waals surface area contributed by atoms with Crippen molar-refractivity contribution in [2.24, 2.45) is 5.92 Å². The zero-order valence-corrected chi connectivity index (χ0v) is 15.3. The maximum Gasteiger partial charge on any atom is 0.409 e. The van der Waals surface area contributed by atoms with Gasteiger partial charge in [-0.3, -0.25) is 5.41 Å². The molecule has 26 heavy (non-hydrogen) atoms. The van der Waals surface area contributed by atoms with Gasteiger partial charge in [0.25, 0.3) is 0 Å². The summed E-state index contributed by atoms with van der Waals surface area (Å²) in [5.74, 6) is 1.09. The average Bonchev–Trinajstić information content (AvgIpc) is 2.72. The second kappa shape index (κ2) is 8.85. The number of rotatable bonds is 3. The molecule has 2 aliphatic heterocycles. The topological polar surface area (TPSA) is 65.9 Å². The zero-order chi connectivity index (χ0) is 18.4. The molecule has 3 rings (SSSR count). The van der Waals surface area contributed by atoms with E-state index in [1.54, 1.807) is 4.90 Å². The molecule has 2 heterocycles. The minimum atomic E-state index is -0.312. The molecule has 140 valence electrons. The van der Waals surface area contributed by atoms with Crippen LogP contribution in [0.25, 0.3) is 0 Å². The molecule has 1 aromatic carbocycles. The number of nitrogens with zero attached hydrogens (tertiary/aromatic N) is 2. The highest BCUT2D eigenvalue weighted by molar-refractivity contribution is 5.97. The molecule has 0 spiro atoms. The van der Waals surface area contributed by atoms with Crippen LogP contribution in [0.5, 0.6) is 0 Å². The van der Waals surface area contributed by atoms with Crippen LogP contribution < -0.4 is 0 Å². The second-order valence-corrected chi connectivity index (χ2v) is 6.74. The molecule has 1 aromatic rings. The van der Waals surface area contributed by atoms with Gasteiger partial charge in [0.15, 0.2) is 0 Å². The fourth-order valence-corrected chi connectivity index (χ4v) is 3.48. The van der Waals surface area contributed by atoms with Crippen LogP contribution in [-0.4, -0.2) is 61.7 Å². The van der Waals surface area contributed by atoms with Crippen LogP contribution >= 0.6 is 0 Å². The van der Waals surface area contributed by atoms with E-state index in [1.165, 1.54) is 7.11 Å². The molecule has 0 radical (unpaired) electrons. The number of hydrogen-bond donors (Lipinski definition) is 1. The first-order chi connectivity index (χ1) is 12.7. The van der Waals surface area contributed by atoms with Crippen LogP contribution in [0.1, 0.15) is 24.8 Å². The summed E-state index contributed by atoms with van der Waals surface area (Å²) < 4.78 is 10.3. The molecule has 2 saturated heterocycles. The van der Waals surface area contributed by atoms with Gasteiger partial charge in [-0.25, -0.2) is 4.79 Å². The van der Waals surface area contributed by atoms with Gasteiger partial charge >= 0.3 is 6.09 Å². The Bertz CT molecular complexity index is 654. The van der Waals surface area contributed by atoms with E-state index in [4.69, 9.17) is 14.9 Å². The number of benzene rings is 1. The van der Waals surface area contributed by atoms with Crippen molar-refractivity contribution in [2.75, 3.05) is 40.0 Å². The van der Waals surface area contributed by atoms with Gasteiger partial charge in [0.1, 0.15) is 5.84 Å². The molecule has 0 bridgehead atoms. The van der Waals surface area contributed by atoms with Crippen LogP contribution in [0.15, 0.2) is 42.1 Å². The zero-order valence-electron chi connectivity index (χ0n) is 15.3. The van der Waals surface area contributed by atoms with Gasteiger partial charge in [-0.2, -0.15) is 0 Å². The highest BCUT2D eigenvalue weighted by atomic mass is 16.5. The smallest absolute Gasteiger partial charge is 0.409 e. The summed E-state index contributed by atoms with van der Waals surface area (Å²) in [6.07, 6.45) is 4.98. The van der Waals surface area contributed by atoms with E-state index in [-0.39, 0.29) is 6.09 Å². The minimum Gasteiger partial charge on any atom is -0.453 e. The molecule has 0 atom stereocenters. The maximum absolute atomic E-state index is 12.0. The van der Waals surface area contributed by atoms with Crippen LogP contribution in [-0.2, 0) is 9.47 Å². The summed E-state index contributed by atoms with van der Waals surface area (Å²) in [5, 5.41) is 8.63. The van der Waals surface area contributed by atoms with Crippen molar-refractivity contribution in [3.05, 3.63) is 47.7 Å². The summed E-state index contributed by atoms with van der Waals surface area (Å²) in [5.41, 5.74) is 1.89. The summed E-state index contributed by atoms with van der Waals surface area (Å²) in [7, 11) is 1.41. The number of allylic oxidation sites excluding steroid dienone is 1. The van der Waals surface area contributed by atoms with Gasteiger partial charge in [-0.1, -0.05) is 36.4 Å². The van der Waals surface area contributed by atoms with E-state index < -0.39 is 0 Å². The average molecular weight is 357 g/mol. The number of amides is 1. The molecule has 0 aliphatic carbocycles. The summed E-state index contributed by atoms with van der Waals surface area (Å²) in [6.45, 7) is 3.28. The number of hydrogen-bond acceptors (Lipinski definition) is 4. The third-order valence-corrected chi connectivity index (χ3v) is 5.07. The number of carbonyl (C=O) groups excluding carboxylic acids is 1. The van der Waals surface area contributed by atoms with Crippen molar-refractivity contribution in [1.29, 1.82) is 5.41 Å². The van der Waals surface area contributed by atoms with Gasteiger partial charge in [-0.15, -0.1) is 0 Å². The molecule has 0 unspecified atom stereocenters. The molecule has 0 aromatic heterocycles. The SMILES string of the molecule is COC(=O)N1CCN(C(=N)c2ccccc2)/C(=C/CC2CCOCC2)C1. The number of methoxy groups -OCH3 is 1. The van der Waals surface area contributed by atoms with E-state index in [2.05, 4.69) is 6.08 Å². The quantitative estimate of drug-likeness (QED) is 0.667. The highest BCUT2D eigenvalue weighted by Crippen LogP contribution is 2.23. The molecule has 0 saturated carbocycles. The van der Waals surface area contributed by atoms with Crippen LogP contribution in [0.3, 0.4) is 0 Å². The first kappa shape index (κ1) is 18.5. The number of amidine groups is 1. The Kier molecular flexibility index (Phi) is 6.28. The Morgan fingerprint density at radius 2 is 2.00 bits per heavy atom. The first-order valence-electron chi connectivity index (χ1n) is 9.20. The van der Waals surface area contributed by atoms with E-state index in [0.29, 0.717) is 31.4 Å². The lowest BCUT2D eigenvalue weighted by atomic mass is 9.95. The molecule has 1 N–H and O–H groups in total. The number of nitrogens with one attached hydrogen (secondary N) is 1. The van der Waals surface area contributed by atoms with E-state index in [9.17, 15) is 4.79 Å². The lowest BCUT2D eigenvalue weighted by molar-refractivity contribution is 0.0670. The normalized spacial score (nSPS) is 20.3. The van der Waals surface area contributed by atoms with Gasteiger partial charge in [0, 0.05) is 37.6 Å². The van der Waals surface area contributed by atoms with Crippen molar-refractivity contribution in [3.8, 4) is 0 Å². The maximum atomic E-state index is 12.0. The molecule has 2 aliphatic rings. The lowest BCUT2D eigenvalue weighted by Crippen LogP contribution is -2.49. The second-order valence-electron chi connectivity index (χ2n) is 6.74. The fourth-order valence-electron chi connectivity index (χ4n) is 3.48. The molecular formula is C20H27N3O3. The van der Waals surface area contributed by atoms with Gasteiger partial charge in [0.05, 0.1) is 13.7 Å². The fraction of sp³-hybridized carbons (Fsp3) is 0.500. The monoisotopic (exact) mass is 357 g/mol. The molecule has 6 nitrogen and oxygen atoms in total. The molecule has 1 amide bonds. The molecule has 6 heteroatoms. The Morgan fingerprint density at radius 1 is 1.27 bits per heavy atom. The Balaban J connectivity index is 1.76.